The van der Waals surface area contributed by atoms with Gasteiger partial charge in [-0.05, 0) is 63.2 Å². The van der Waals surface area contributed by atoms with Crippen LogP contribution in [0.4, 0.5) is 4.79 Å². The van der Waals surface area contributed by atoms with Gasteiger partial charge in [0.05, 0.1) is 0 Å². The van der Waals surface area contributed by atoms with Gasteiger partial charge in [-0.15, -0.1) is 0 Å². The molecule has 26 heavy (non-hydrogen) atoms. The number of hydrogen-bond donors (Lipinski definition) is 0. The van der Waals surface area contributed by atoms with E-state index in [9.17, 15) is 4.79 Å². The van der Waals surface area contributed by atoms with Gasteiger partial charge in [-0.2, -0.15) is 0 Å². The van der Waals surface area contributed by atoms with Crippen LogP contribution >= 0.6 is 0 Å². The number of carbonyl (C=O) groups excluding carboxylic acids is 1. The van der Waals surface area contributed by atoms with Gasteiger partial charge >= 0.3 is 6.16 Å². The minimum atomic E-state index is -0.456. The van der Waals surface area contributed by atoms with Gasteiger partial charge in [-0.1, -0.05) is 54.4 Å². The van der Waals surface area contributed by atoms with Crippen LogP contribution in [0.1, 0.15) is 107 Å². The smallest absolute Gasteiger partial charge is 0.428 e. The fourth-order valence-corrected chi connectivity index (χ4v) is 5.95. The Bertz CT molecular complexity index is 455. The standard InChI is InChI=1S/C23H42O3/c1-20(2,3)17-13-9-11-15-22(17,7)25-19(24)26-23(8)16-12-10-14-18(23)21(4,5)6/h17-18H,9-16H2,1-8H3. The average Bonchev–Trinajstić information content (AvgIpc) is 2.44. The maximum absolute atomic E-state index is 12.9. The van der Waals surface area contributed by atoms with Gasteiger partial charge in [0.1, 0.15) is 11.2 Å². The summed E-state index contributed by atoms with van der Waals surface area (Å²) in [6.07, 6.45) is 8.34. The molecule has 0 aromatic rings. The molecular weight excluding hydrogens is 324 g/mol. The van der Waals surface area contributed by atoms with E-state index in [1.807, 2.05) is 0 Å². The molecule has 0 aliphatic heterocycles. The van der Waals surface area contributed by atoms with Gasteiger partial charge in [-0.25, -0.2) is 4.79 Å². The monoisotopic (exact) mass is 366 g/mol. The molecule has 0 N–H and O–H groups in total. The summed E-state index contributed by atoms with van der Waals surface area (Å²) in [4.78, 5) is 12.9. The van der Waals surface area contributed by atoms with Crippen molar-refractivity contribution < 1.29 is 14.3 Å². The highest BCUT2D eigenvalue weighted by Crippen LogP contribution is 2.49. The molecule has 4 unspecified atom stereocenters. The Morgan fingerprint density at radius 2 is 1.08 bits per heavy atom. The van der Waals surface area contributed by atoms with Crippen molar-refractivity contribution >= 4 is 6.16 Å². The van der Waals surface area contributed by atoms with Crippen molar-refractivity contribution in [3.05, 3.63) is 0 Å². The second-order valence-electron chi connectivity index (χ2n) is 11.4. The van der Waals surface area contributed by atoms with E-state index in [-0.39, 0.29) is 10.8 Å². The van der Waals surface area contributed by atoms with Gasteiger partial charge in [0.2, 0.25) is 0 Å². The molecule has 0 radical (unpaired) electrons. The molecule has 2 saturated carbocycles. The molecule has 2 aliphatic carbocycles. The fourth-order valence-electron chi connectivity index (χ4n) is 5.95. The molecule has 0 saturated heterocycles. The second kappa shape index (κ2) is 7.36. The molecule has 2 fully saturated rings. The third kappa shape index (κ3) is 4.75. The van der Waals surface area contributed by atoms with Gasteiger partial charge in [0.25, 0.3) is 0 Å². The quantitative estimate of drug-likeness (QED) is 0.488. The van der Waals surface area contributed by atoms with Crippen molar-refractivity contribution in [2.24, 2.45) is 22.7 Å². The predicted molar refractivity (Wildman–Crippen MR) is 107 cm³/mol. The summed E-state index contributed by atoms with van der Waals surface area (Å²) in [5.41, 5.74) is -0.595. The van der Waals surface area contributed by atoms with Crippen LogP contribution in [-0.4, -0.2) is 17.4 Å². The topological polar surface area (TPSA) is 35.5 Å². The average molecular weight is 367 g/mol. The van der Waals surface area contributed by atoms with Crippen LogP contribution in [0, 0.1) is 22.7 Å². The Morgan fingerprint density at radius 3 is 1.38 bits per heavy atom. The number of ether oxygens (including phenoxy) is 2. The van der Waals surface area contributed by atoms with Crippen LogP contribution in [0.2, 0.25) is 0 Å². The Morgan fingerprint density at radius 1 is 0.731 bits per heavy atom. The molecule has 3 nitrogen and oxygen atoms in total. The number of carbonyl (C=O) groups is 1. The summed E-state index contributed by atoms with van der Waals surface area (Å²) >= 11 is 0. The summed E-state index contributed by atoms with van der Waals surface area (Å²) in [6, 6.07) is 0. The molecule has 0 amide bonds. The van der Waals surface area contributed by atoms with E-state index in [4.69, 9.17) is 9.47 Å². The summed E-state index contributed by atoms with van der Waals surface area (Å²) < 4.78 is 12.2. The van der Waals surface area contributed by atoms with Crippen LogP contribution < -0.4 is 0 Å². The van der Waals surface area contributed by atoms with E-state index >= 15 is 0 Å². The summed E-state index contributed by atoms with van der Waals surface area (Å²) in [6.45, 7) is 17.8. The van der Waals surface area contributed by atoms with Crippen molar-refractivity contribution in [1.29, 1.82) is 0 Å². The molecule has 2 aliphatic rings. The van der Waals surface area contributed by atoms with E-state index in [1.54, 1.807) is 0 Å². The molecule has 2 rings (SSSR count). The Balaban J connectivity index is 2.13. The lowest BCUT2D eigenvalue weighted by Crippen LogP contribution is -2.51. The Labute approximate surface area is 161 Å². The van der Waals surface area contributed by atoms with Crippen molar-refractivity contribution in [1.82, 2.24) is 0 Å². The van der Waals surface area contributed by atoms with Crippen molar-refractivity contribution in [2.45, 2.75) is 118 Å². The number of rotatable bonds is 2. The first kappa shape index (κ1) is 21.6. The van der Waals surface area contributed by atoms with Gasteiger partial charge in [-0.3, -0.25) is 0 Å². The Hall–Kier alpha value is -0.730. The van der Waals surface area contributed by atoms with Crippen LogP contribution in [0.3, 0.4) is 0 Å². The first-order valence-corrected chi connectivity index (χ1v) is 10.7. The summed E-state index contributed by atoms with van der Waals surface area (Å²) in [5, 5.41) is 0. The van der Waals surface area contributed by atoms with E-state index in [1.165, 1.54) is 12.8 Å². The Kier molecular flexibility index (Phi) is 6.10. The summed E-state index contributed by atoms with van der Waals surface area (Å²) in [7, 11) is 0. The van der Waals surface area contributed by atoms with Crippen LogP contribution in [0.15, 0.2) is 0 Å². The summed E-state index contributed by atoms with van der Waals surface area (Å²) in [5.74, 6) is 0.739. The lowest BCUT2D eigenvalue weighted by atomic mass is 9.64. The normalized spacial score (nSPS) is 36.5. The van der Waals surface area contributed by atoms with Gasteiger partial charge in [0, 0.05) is 11.8 Å². The van der Waals surface area contributed by atoms with Crippen molar-refractivity contribution in [3.8, 4) is 0 Å². The molecule has 0 aromatic carbocycles. The first-order valence-electron chi connectivity index (χ1n) is 10.7. The van der Waals surface area contributed by atoms with Crippen molar-refractivity contribution in [3.63, 3.8) is 0 Å². The molecule has 0 heterocycles. The zero-order chi connectivity index (χ0) is 19.8. The molecular formula is C23H42O3. The molecule has 0 bridgehead atoms. The maximum Gasteiger partial charge on any atom is 0.509 e. The lowest BCUT2D eigenvalue weighted by Gasteiger charge is -2.49. The fraction of sp³-hybridized carbons (Fsp3) is 0.957. The van der Waals surface area contributed by atoms with Crippen LogP contribution in [0.5, 0.6) is 0 Å². The predicted octanol–water partition coefficient (Wildman–Crippen LogP) is 7.13. The zero-order valence-electron chi connectivity index (χ0n) is 18.5. The van der Waals surface area contributed by atoms with Crippen molar-refractivity contribution in [2.75, 3.05) is 0 Å². The highest BCUT2D eigenvalue weighted by molar-refractivity contribution is 5.61. The largest absolute Gasteiger partial charge is 0.509 e. The van der Waals surface area contributed by atoms with Crippen LogP contribution in [-0.2, 0) is 9.47 Å². The zero-order valence-corrected chi connectivity index (χ0v) is 18.5. The third-order valence-corrected chi connectivity index (χ3v) is 7.03. The molecule has 3 heteroatoms. The minimum absolute atomic E-state index is 0.123. The van der Waals surface area contributed by atoms with Gasteiger partial charge < -0.3 is 9.47 Å². The molecule has 4 atom stereocenters. The van der Waals surface area contributed by atoms with Gasteiger partial charge in [0.15, 0.2) is 0 Å². The van der Waals surface area contributed by atoms with E-state index in [0.29, 0.717) is 11.8 Å². The van der Waals surface area contributed by atoms with E-state index in [2.05, 4.69) is 55.4 Å². The third-order valence-electron chi connectivity index (χ3n) is 7.03. The molecule has 152 valence electrons. The molecule has 0 spiro atoms. The highest BCUT2D eigenvalue weighted by Gasteiger charge is 2.49. The van der Waals surface area contributed by atoms with E-state index < -0.39 is 17.4 Å². The minimum Gasteiger partial charge on any atom is -0.428 e. The molecule has 0 aromatic heterocycles. The SMILES string of the molecule is CC(C)(C)C1CCCCC1(C)OC(=O)OC1(C)CCCCC1C(C)(C)C. The van der Waals surface area contributed by atoms with E-state index in [0.717, 1.165) is 38.5 Å². The maximum atomic E-state index is 12.9. The first-order chi connectivity index (χ1) is 11.8. The van der Waals surface area contributed by atoms with Crippen LogP contribution in [0.25, 0.3) is 0 Å². The second-order valence-corrected chi connectivity index (χ2v) is 11.4. The number of hydrogen-bond acceptors (Lipinski definition) is 3. The highest BCUT2D eigenvalue weighted by atomic mass is 16.7. The lowest BCUT2D eigenvalue weighted by molar-refractivity contribution is -0.149.